The van der Waals surface area contributed by atoms with Crippen molar-refractivity contribution >= 4 is 5.91 Å². The Morgan fingerprint density at radius 3 is 2.65 bits per heavy atom. The summed E-state index contributed by atoms with van der Waals surface area (Å²) in [5, 5.41) is 0. The van der Waals surface area contributed by atoms with Crippen LogP contribution < -0.4 is 0 Å². The number of rotatable bonds is 3. The fourth-order valence-electron chi connectivity index (χ4n) is 2.83. The second-order valence-corrected chi connectivity index (χ2v) is 5.39. The monoisotopic (exact) mass is 269 g/mol. The van der Waals surface area contributed by atoms with E-state index in [0.29, 0.717) is 11.6 Å². The summed E-state index contributed by atoms with van der Waals surface area (Å²) in [7, 11) is 0. The van der Waals surface area contributed by atoms with Crippen LogP contribution in [-0.2, 0) is 6.42 Å². The van der Waals surface area contributed by atoms with E-state index in [0.717, 1.165) is 32.4 Å². The Hall–Kier alpha value is -2.10. The number of benzene rings is 1. The van der Waals surface area contributed by atoms with E-state index in [-0.39, 0.29) is 5.91 Å². The zero-order valence-corrected chi connectivity index (χ0v) is 11.5. The Bertz CT molecular complexity index is 542. The number of likely N-dealkylation sites (tertiary alicyclic amines) is 1. The van der Waals surface area contributed by atoms with Crippen LogP contribution in [-0.4, -0.2) is 33.9 Å². The number of nitrogens with one attached hydrogen (secondary N) is 1. The summed E-state index contributed by atoms with van der Waals surface area (Å²) in [6, 6.07) is 10.6. The van der Waals surface area contributed by atoms with Crippen molar-refractivity contribution in [2.24, 2.45) is 5.92 Å². The molecular weight excluding hydrogens is 250 g/mol. The first-order valence-electron chi connectivity index (χ1n) is 7.14. The van der Waals surface area contributed by atoms with E-state index in [1.807, 2.05) is 4.90 Å². The third-order valence-corrected chi connectivity index (χ3v) is 4.00. The van der Waals surface area contributed by atoms with Crippen LogP contribution in [0.25, 0.3) is 0 Å². The molecule has 1 aliphatic rings. The number of aromatic amines is 1. The Balaban J connectivity index is 1.53. The highest BCUT2D eigenvalue weighted by Gasteiger charge is 2.24. The highest BCUT2D eigenvalue weighted by molar-refractivity contribution is 5.92. The molecule has 1 N–H and O–H groups in total. The molecule has 0 saturated carbocycles. The molecule has 1 aromatic heterocycles. The Labute approximate surface area is 118 Å². The summed E-state index contributed by atoms with van der Waals surface area (Å²) in [5.41, 5.74) is 1.98. The van der Waals surface area contributed by atoms with Gasteiger partial charge in [-0.1, -0.05) is 30.3 Å². The number of amides is 1. The summed E-state index contributed by atoms with van der Waals surface area (Å²) in [6.45, 7) is 1.69. The lowest BCUT2D eigenvalue weighted by Gasteiger charge is -2.31. The predicted molar refractivity (Wildman–Crippen MR) is 77.4 cm³/mol. The Kier molecular flexibility index (Phi) is 3.81. The van der Waals surface area contributed by atoms with Gasteiger partial charge in [0.15, 0.2) is 0 Å². The number of hydrogen-bond donors (Lipinski definition) is 1. The fourth-order valence-corrected chi connectivity index (χ4v) is 2.83. The van der Waals surface area contributed by atoms with Gasteiger partial charge in [-0.25, -0.2) is 4.98 Å². The molecule has 2 heterocycles. The number of aromatic nitrogens is 2. The Morgan fingerprint density at radius 2 is 2.00 bits per heavy atom. The molecule has 0 radical (unpaired) electrons. The van der Waals surface area contributed by atoms with Crippen LogP contribution in [0.15, 0.2) is 42.9 Å². The molecule has 4 nitrogen and oxygen atoms in total. The minimum absolute atomic E-state index is 0.0701. The summed E-state index contributed by atoms with van der Waals surface area (Å²) in [6.07, 6.45) is 6.42. The van der Waals surface area contributed by atoms with Gasteiger partial charge in [-0.05, 0) is 30.7 Å². The minimum Gasteiger partial charge on any atom is -0.341 e. The van der Waals surface area contributed by atoms with E-state index in [4.69, 9.17) is 0 Å². The van der Waals surface area contributed by atoms with E-state index >= 15 is 0 Å². The fraction of sp³-hybridized carbons (Fsp3) is 0.375. The maximum Gasteiger partial charge on any atom is 0.271 e. The molecule has 1 saturated heterocycles. The molecule has 0 atom stereocenters. The zero-order chi connectivity index (χ0) is 13.8. The van der Waals surface area contributed by atoms with Crippen LogP contribution in [0, 0.1) is 5.92 Å². The molecule has 0 unspecified atom stereocenters. The van der Waals surface area contributed by atoms with Crippen molar-refractivity contribution < 1.29 is 4.79 Å². The van der Waals surface area contributed by atoms with Crippen molar-refractivity contribution in [2.45, 2.75) is 19.3 Å². The number of carbonyl (C=O) groups excluding carboxylic acids is 1. The first-order chi connectivity index (χ1) is 9.83. The Morgan fingerprint density at radius 1 is 1.25 bits per heavy atom. The molecule has 104 valence electrons. The lowest BCUT2D eigenvalue weighted by Crippen LogP contribution is -2.39. The van der Waals surface area contributed by atoms with Crippen molar-refractivity contribution in [3.05, 3.63) is 54.1 Å². The van der Waals surface area contributed by atoms with Crippen LogP contribution in [0.3, 0.4) is 0 Å². The van der Waals surface area contributed by atoms with Crippen LogP contribution in [0.5, 0.6) is 0 Å². The van der Waals surface area contributed by atoms with Crippen molar-refractivity contribution in [1.29, 1.82) is 0 Å². The van der Waals surface area contributed by atoms with Crippen molar-refractivity contribution in [3.63, 3.8) is 0 Å². The molecular formula is C16H19N3O. The van der Waals surface area contributed by atoms with Crippen LogP contribution >= 0.6 is 0 Å². The van der Waals surface area contributed by atoms with Gasteiger partial charge in [0.2, 0.25) is 0 Å². The second-order valence-electron chi connectivity index (χ2n) is 5.39. The molecule has 0 spiro atoms. The average molecular weight is 269 g/mol. The topological polar surface area (TPSA) is 49.0 Å². The molecule has 20 heavy (non-hydrogen) atoms. The zero-order valence-electron chi connectivity index (χ0n) is 11.5. The number of carbonyl (C=O) groups is 1. The maximum absolute atomic E-state index is 12.2. The van der Waals surface area contributed by atoms with Gasteiger partial charge in [-0.3, -0.25) is 4.79 Å². The summed E-state index contributed by atoms with van der Waals surface area (Å²) >= 11 is 0. The average Bonchev–Trinajstić information content (AvgIpc) is 3.03. The largest absolute Gasteiger partial charge is 0.341 e. The third kappa shape index (κ3) is 2.90. The quantitative estimate of drug-likeness (QED) is 0.930. The second kappa shape index (κ2) is 5.90. The number of nitrogens with zero attached hydrogens (tertiary/aromatic N) is 2. The van der Waals surface area contributed by atoms with Gasteiger partial charge in [0.05, 0.1) is 12.5 Å². The minimum atomic E-state index is 0.0701. The van der Waals surface area contributed by atoms with Crippen molar-refractivity contribution in [2.75, 3.05) is 13.1 Å². The van der Waals surface area contributed by atoms with E-state index in [1.165, 1.54) is 5.56 Å². The van der Waals surface area contributed by atoms with E-state index < -0.39 is 0 Å². The standard InChI is InChI=1S/C16H19N3O/c20-16(15-11-17-12-18-15)19-8-6-14(7-9-19)10-13-4-2-1-3-5-13/h1-5,11-12,14H,6-10H2,(H,17,18). The lowest BCUT2D eigenvalue weighted by molar-refractivity contribution is 0.0685. The molecule has 3 rings (SSSR count). The van der Waals surface area contributed by atoms with Gasteiger partial charge in [-0.15, -0.1) is 0 Å². The van der Waals surface area contributed by atoms with Gasteiger partial charge in [0.1, 0.15) is 5.69 Å². The number of H-pyrrole nitrogens is 1. The molecule has 1 fully saturated rings. The molecule has 0 aliphatic carbocycles. The van der Waals surface area contributed by atoms with Crippen molar-refractivity contribution in [1.82, 2.24) is 14.9 Å². The molecule has 1 amide bonds. The van der Waals surface area contributed by atoms with E-state index in [9.17, 15) is 4.79 Å². The van der Waals surface area contributed by atoms with Crippen LogP contribution in [0.4, 0.5) is 0 Å². The normalized spacial score (nSPS) is 16.3. The molecule has 1 aromatic carbocycles. The summed E-state index contributed by atoms with van der Waals surface area (Å²) in [4.78, 5) is 20.9. The highest BCUT2D eigenvalue weighted by Crippen LogP contribution is 2.22. The van der Waals surface area contributed by atoms with Crippen LogP contribution in [0.2, 0.25) is 0 Å². The van der Waals surface area contributed by atoms with Gasteiger partial charge >= 0.3 is 0 Å². The number of hydrogen-bond acceptors (Lipinski definition) is 2. The summed E-state index contributed by atoms with van der Waals surface area (Å²) < 4.78 is 0. The van der Waals surface area contributed by atoms with Gasteiger partial charge in [-0.2, -0.15) is 0 Å². The van der Waals surface area contributed by atoms with Crippen molar-refractivity contribution in [3.8, 4) is 0 Å². The lowest BCUT2D eigenvalue weighted by atomic mass is 9.90. The van der Waals surface area contributed by atoms with Gasteiger partial charge in [0.25, 0.3) is 5.91 Å². The smallest absolute Gasteiger partial charge is 0.271 e. The third-order valence-electron chi connectivity index (χ3n) is 4.00. The molecule has 4 heteroatoms. The maximum atomic E-state index is 12.2. The SMILES string of the molecule is O=C(c1cnc[nH]1)N1CCC(Cc2ccccc2)CC1. The molecule has 0 bridgehead atoms. The number of piperidine rings is 1. The summed E-state index contributed by atoms with van der Waals surface area (Å²) in [5.74, 6) is 0.754. The van der Waals surface area contributed by atoms with Gasteiger partial charge < -0.3 is 9.88 Å². The van der Waals surface area contributed by atoms with Gasteiger partial charge in [0, 0.05) is 13.1 Å². The predicted octanol–water partition coefficient (Wildman–Crippen LogP) is 2.50. The first kappa shape index (κ1) is 12.9. The highest BCUT2D eigenvalue weighted by atomic mass is 16.2. The van der Waals surface area contributed by atoms with E-state index in [1.54, 1.807) is 12.5 Å². The number of imidazole rings is 1. The van der Waals surface area contributed by atoms with Crippen LogP contribution in [0.1, 0.15) is 28.9 Å². The molecule has 2 aromatic rings. The first-order valence-corrected chi connectivity index (χ1v) is 7.14. The van der Waals surface area contributed by atoms with E-state index in [2.05, 4.69) is 40.3 Å². The molecule has 1 aliphatic heterocycles.